The first kappa shape index (κ1) is 25.0. The highest BCUT2D eigenvalue weighted by Crippen LogP contribution is 2.61. The highest BCUT2D eigenvalue weighted by atomic mass is 31.1. The van der Waals surface area contributed by atoms with Crippen LogP contribution >= 0.6 is 15.8 Å². The molecule has 0 saturated heterocycles. The third-order valence-corrected chi connectivity index (χ3v) is 12.6. The Morgan fingerprint density at radius 2 is 1.18 bits per heavy atom. The van der Waals surface area contributed by atoms with Gasteiger partial charge in [0.25, 0.3) is 0 Å². The molecule has 2 aromatic heterocycles. The smallest absolute Gasteiger partial charge is 0.0448 e. The van der Waals surface area contributed by atoms with Gasteiger partial charge in [-0.15, -0.1) is 0 Å². The molecule has 0 amide bonds. The molecule has 0 saturated carbocycles. The second kappa shape index (κ2) is 10.2. The van der Waals surface area contributed by atoms with E-state index in [1.165, 1.54) is 33.1 Å². The summed E-state index contributed by atoms with van der Waals surface area (Å²) in [6, 6.07) is 26.7. The van der Waals surface area contributed by atoms with Crippen LogP contribution in [0.15, 0.2) is 85.2 Å². The Labute approximate surface area is 208 Å². The maximum Gasteiger partial charge on any atom is 0.0448 e. The van der Waals surface area contributed by atoms with Gasteiger partial charge >= 0.3 is 0 Å². The van der Waals surface area contributed by atoms with Crippen molar-refractivity contribution in [1.82, 2.24) is 9.97 Å². The van der Waals surface area contributed by atoms with E-state index in [-0.39, 0.29) is 7.92 Å². The van der Waals surface area contributed by atoms with E-state index < -0.39 is 7.92 Å². The lowest BCUT2D eigenvalue weighted by Gasteiger charge is -2.42. The number of nitrogens with one attached hydrogen (secondary N) is 2. The SMILES string of the molecule is CC(C)(C)P(Cc1ccc(-c2ccccc2)cc1CP(c1ccc[nH]1)c1ccc[nH]1)C(C)(C)C. The summed E-state index contributed by atoms with van der Waals surface area (Å²) in [7, 11) is -0.758. The third kappa shape index (κ3) is 5.91. The fourth-order valence-electron chi connectivity index (χ4n) is 4.84. The molecule has 178 valence electrons. The molecule has 4 aromatic rings. The Kier molecular flexibility index (Phi) is 7.51. The zero-order chi connectivity index (χ0) is 24.3. The normalized spacial score (nSPS) is 12.6. The predicted octanol–water partition coefficient (Wildman–Crippen LogP) is 8.22. The number of rotatable bonds is 7. The maximum atomic E-state index is 3.51. The average molecular weight is 489 g/mol. The van der Waals surface area contributed by atoms with Gasteiger partial charge in [-0.25, -0.2) is 0 Å². The molecule has 0 atom stereocenters. The Morgan fingerprint density at radius 3 is 1.68 bits per heavy atom. The van der Waals surface area contributed by atoms with Gasteiger partial charge < -0.3 is 9.97 Å². The monoisotopic (exact) mass is 488 g/mol. The van der Waals surface area contributed by atoms with Gasteiger partial charge in [-0.3, -0.25) is 0 Å². The van der Waals surface area contributed by atoms with Crippen molar-refractivity contribution in [2.45, 2.75) is 64.2 Å². The largest absolute Gasteiger partial charge is 0.361 e. The van der Waals surface area contributed by atoms with Crippen molar-refractivity contribution >= 4 is 26.7 Å². The van der Waals surface area contributed by atoms with Gasteiger partial charge in [0.2, 0.25) is 0 Å². The lowest BCUT2D eigenvalue weighted by Crippen LogP contribution is -2.26. The quantitative estimate of drug-likeness (QED) is 0.246. The lowest BCUT2D eigenvalue weighted by molar-refractivity contribution is 0.702. The van der Waals surface area contributed by atoms with E-state index >= 15 is 0 Å². The molecule has 0 bridgehead atoms. The van der Waals surface area contributed by atoms with Gasteiger partial charge in [-0.1, -0.05) is 98.0 Å². The average Bonchev–Trinajstić information content (AvgIpc) is 3.50. The highest BCUT2D eigenvalue weighted by molar-refractivity contribution is 7.71. The van der Waals surface area contributed by atoms with Crippen molar-refractivity contribution in [1.29, 1.82) is 0 Å². The summed E-state index contributed by atoms with van der Waals surface area (Å²) in [5.74, 6) is 0. The van der Waals surface area contributed by atoms with Crippen molar-refractivity contribution in [2.24, 2.45) is 0 Å². The van der Waals surface area contributed by atoms with Crippen LogP contribution in [0, 0.1) is 0 Å². The Hall–Kier alpha value is -2.14. The van der Waals surface area contributed by atoms with Gasteiger partial charge in [-0.05, 0) is 70.9 Å². The number of aromatic amines is 2. The van der Waals surface area contributed by atoms with E-state index in [1.807, 2.05) is 12.4 Å². The molecular formula is C30H38N2P2. The second-order valence-corrected chi connectivity index (χ2v) is 17.0. The van der Waals surface area contributed by atoms with E-state index in [9.17, 15) is 0 Å². The van der Waals surface area contributed by atoms with Crippen LogP contribution in [0.2, 0.25) is 0 Å². The molecule has 2 N–H and O–H groups in total. The third-order valence-electron chi connectivity index (χ3n) is 6.33. The van der Waals surface area contributed by atoms with E-state index in [2.05, 4.69) is 124 Å². The van der Waals surface area contributed by atoms with Crippen molar-refractivity contribution in [3.63, 3.8) is 0 Å². The lowest BCUT2D eigenvalue weighted by atomic mass is 10.0. The molecule has 4 heteroatoms. The van der Waals surface area contributed by atoms with Crippen LogP contribution in [0.1, 0.15) is 52.7 Å². The fourth-order valence-corrected chi connectivity index (χ4v) is 10.7. The molecule has 2 heterocycles. The van der Waals surface area contributed by atoms with Crippen LogP contribution in [0.4, 0.5) is 0 Å². The van der Waals surface area contributed by atoms with Gasteiger partial charge in [-0.2, -0.15) is 0 Å². The van der Waals surface area contributed by atoms with Crippen molar-refractivity contribution < 1.29 is 0 Å². The molecule has 4 rings (SSSR count). The number of aromatic nitrogens is 2. The Bertz CT molecular complexity index is 1120. The van der Waals surface area contributed by atoms with Gasteiger partial charge in [0.15, 0.2) is 0 Å². The van der Waals surface area contributed by atoms with Gasteiger partial charge in [0, 0.05) is 29.4 Å². The summed E-state index contributed by atoms with van der Waals surface area (Å²) >= 11 is 0. The topological polar surface area (TPSA) is 31.6 Å². The van der Waals surface area contributed by atoms with Crippen molar-refractivity contribution in [3.05, 3.63) is 96.3 Å². The summed E-state index contributed by atoms with van der Waals surface area (Å²) in [5, 5.41) is 0.596. The summed E-state index contributed by atoms with van der Waals surface area (Å²) in [4.78, 5) is 7.03. The van der Waals surface area contributed by atoms with Gasteiger partial charge in [0.1, 0.15) is 0 Å². The summed E-state index contributed by atoms with van der Waals surface area (Å²) < 4.78 is 0. The minimum Gasteiger partial charge on any atom is -0.361 e. The molecule has 0 aliphatic heterocycles. The molecule has 0 radical (unpaired) electrons. The van der Waals surface area contributed by atoms with Crippen LogP contribution < -0.4 is 10.9 Å². The van der Waals surface area contributed by atoms with Crippen LogP contribution in [-0.4, -0.2) is 20.3 Å². The van der Waals surface area contributed by atoms with Crippen molar-refractivity contribution in [3.8, 4) is 11.1 Å². The minimum atomic E-state index is -0.536. The number of benzene rings is 2. The summed E-state index contributed by atoms with van der Waals surface area (Å²) in [5.41, 5.74) is 8.24. The molecule has 2 nitrogen and oxygen atoms in total. The fraction of sp³-hybridized carbons (Fsp3) is 0.333. The molecule has 34 heavy (non-hydrogen) atoms. The zero-order valence-electron chi connectivity index (χ0n) is 21.4. The first-order chi connectivity index (χ1) is 16.1. The molecule has 0 unspecified atom stereocenters. The Morgan fingerprint density at radius 1 is 0.588 bits per heavy atom. The highest BCUT2D eigenvalue weighted by Gasteiger charge is 2.34. The van der Waals surface area contributed by atoms with Crippen LogP contribution in [0.25, 0.3) is 11.1 Å². The van der Waals surface area contributed by atoms with Crippen LogP contribution in [0.5, 0.6) is 0 Å². The summed E-state index contributed by atoms with van der Waals surface area (Å²) in [6.07, 6.45) is 6.29. The van der Waals surface area contributed by atoms with E-state index in [0.29, 0.717) is 10.3 Å². The van der Waals surface area contributed by atoms with Gasteiger partial charge in [0.05, 0.1) is 0 Å². The molecule has 2 aromatic carbocycles. The molecule has 0 fully saturated rings. The molecule has 0 aliphatic rings. The summed E-state index contributed by atoms with van der Waals surface area (Å²) in [6.45, 7) is 14.5. The predicted molar refractivity (Wildman–Crippen MR) is 153 cm³/mol. The van der Waals surface area contributed by atoms with Crippen LogP contribution in [-0.2, 0) is 12.3 Å². The van der Waals surface area contributed by atoms with Crippen molar-refractivity contribution in [2.75, 3.05) is 0 Å². The Balaban J connectivity index is 1.79. The standard InChI is InChI=1S/C30H38N2P2/c1-29(2,3)34(30(4,5)6)22-25-17-16-24(23-12-8-7-9-13-23)20-26(25)21-33(27-14-10-18-31-27)28-15-11-19-32-28/h7-20,31-32H,21-22H2,1-6H3. The number of hydrogen-bond donors (Lipinski definition) is 2. The molecular weight excluding hydrogens is 450 g/mol. The van der Waals surface area contributed by atoms with E-state index in [4.69, 9.17) is 0 Å². The minimum absolute atomic E-state index is 0.223. The van der Waals surface area contributed by atoms with Crippen LogP contribution in [0.3, 0.4) is 0 Å². The molecule has 0 spiro atoms. The number of H-pyrrole nitrogens is 2. The zero-order valence-corrected chi connectivity index (χ0v) is 23.2. The molecule has 0 aliphatic carbocycles. The maximum absolute atomic E-state index is 3.51. The van der Waals surface area contributed by atoms with E-state index in [0.717, 1.165) is 12.3 Å². The first-order valence-electron chi connectivity index (χ1n) is 12.1. The second-order valence-electron chi connectivity index (χ2n) is 11.0. The van der Waals surface area contributed by atoms with E-state index in [1.54, 1.807) is 0 Å². The number of hydrogen-bond acceptors (Lipinski definition) is 0. The first-order valence-corrected chi connectivity index (χ1v) is 15.2.